The number of aliphatic carboxylic acids is 1. The minimum atomic E-state index is -0.907. The summed E-state index contributed by atoms with van der Waals surface area (Å²) >= 11 is 0. The predicted molar refractivity (Wildman–Crippen MR) is 66.7 cm³/mol. The van der Waals surface area contributed by atoms with Crippen molar-refractivity contribution in [3.05, 3.63) is 42.4 Å². The van der Waals surface area contributed by atoms with E-state index >= 15 is 0 Å². The van der Waals surface area contributed by atoms with Gasteiger partial charge in [-0.2, -0.15) is 5.10 Å². The van der Waals surface area contributed by atoms with Crippen LogP contribution in [0.15, 0.2) is 36.7 Å². The van der Waals surface area contributed by atoms with Gasteiger partial charge in [-0.05, 0) is 18.2 Å². The molecular formula is C12H12N4O3. The summed E-state index contributed by atoms with van der Waals surface area (Å²) < 4.78 is 1.42. The summed E-state index contributed by atoms with van der Waals surface area (Å²) in [6.45, 7) is 0.228. The van der Waals surface area contributed by atoms with E-state index in [1.165, 1.54) is 10.7 Å². The number of anilines is 1. The maximum atomic E-state index is 11.8. The van der Waals surface area contributed by atoms with E-state index < -0.39 is 5.97 Å². The Balaban J connectivity index is 1.98. The maximum absolute atomic E-state index is 11.8. The van der Waals surface area contributed by atoms with Gasteiger partial charge in [-0.25, -0.2) is 4.98 Å². The number of carbonyl (C=O) groups excluding carboxylic acids is 1. The van der Waals surface area contributed by atoms with Crippen LogP contribution in [0.5, 0.6) is 0 Å². The van der Waals surface area contributed by atoms with Crippen molar-refractivity contribution in [2.24, 2.45) is 0 Å². The van der Waals surface area contributed by atoms with Gasteiger partial charge in [0.05, 0.1) is 13.0 Å². The summed E-state index contributed by atoms with van der Waals surface area (Å²) in [7, 11) is 0. The Morgan fingerprint density at radius 2 is 2.16 bits per heavy atom. The molecule has 0 aliphatic rings. The third-order valence-corrected chi connectivity index (χ3v) is 2.33. The van der Waals surface area contributed by atoms with Crippen LogP contribution in [0, 0.1) is 0 Å². The van der Waals surface area contributed by atoms with Crippen molar-refractivity contribution in [3.8, 4) is 0 Å². The fourth-order valence-electron chi connectivity index (χ4n) is 1.43. The summed E-state index contributed by atoms with van der Waals surface area (Å²) in [4.78, 5) is 26.2. The van der Waals surface area contributed by atoms with Gasteiger partial charge < -0.3 is 10.4 Å². The summed E-state index contributed by atoms with van der Waals surface area (Å²) in [5.74, 6) is -0.852. The summed E-state index contributed by atoms with van der Waals surface area (Å²) in [5.41, 5.74) is 0.219. The second-order valence-corrected chi connectivity index (χ2v) is 3.78. The molecule has 19 heavy (non-hydrogen) atoms. The molecule has 7 heteroatoms. The van der Waals surface area contributed by atoms with E-state index in [-0.39, 0.29) is 24.6 Å². The highest BCUT2D eigenvalue weighted by Crippen LogP contribution is 2.04. The van der Waals surface area contributed by atoms with E-state index in [4.69, 9.17) is 5.11 Å². The highest BCUT2D eigenvalue weighted by molar-refractivity contribution is 6.02. The zero-order chi connectivity index (χ0) is 13.7. The van der Waals surface area contributed by atoms with E-state index in [0.717, 1.165) is 0 Å². The average molecular weight is 260 g/mol. The number of aryl methyl sites for hydroxylation is 1. The molecule has 0 atom stereocenters. The SMILES string of the molecule is O=C(O)CCn1ccc(C(=O)Nc2ccccn2)n1. The first-order valence-corrected chi connectivity index (χ1v) is 5.63. The summed E-state index contributed by atoms with van der Waals surface area (Å²) in [6, 6.07) is 6.70. The Hall–Kier alpha value is -2.70. The fourth-order valence-corrected chi connectivity index (χ4v) is 1.43. The van der Waals surface area contributed by atoms with Gasteiger partial charge in [-0.15, -0.1) is 0 Å². The molecule has 0 saturated carbocycles. The van der Waals surface area contributed by atoms with Crippen LogP contribution < -0.4 is 5.32 Å². The number of carboxylic acid groups (broad SMARTS) is 1. The lowest BCUT2D eigenvalue weighted by Crippen LogP contribution is -2.14. The van der Waals surface area contributed by atoms with Crippen molar-refractivity contribution in [3.63, 3.8) is 0 Å². The number of rotatable bonds is 5. The monoisotopic (exact) mass is 260 g/mol. The molecule has 7 nitrogen and oxygen atoms in total. The van der Waals surface area contributed by atoms with Crippen LogP contribution in [0.1, 0.15) is 16.9 Å². The Labute approximate surface area is 108 Å². The van der Waals surface area contributed by atoms with Gasteiger partial charge in [0.25, 0.3) is 5.91 Å². The van der Waals surface area contributed by atoms with Gasteiger partial charge in [0.15, 0.2) is 5.69 Å². The molecule has 0 spiro atoms. The van der Waals surface area contributed by atoms with Crippen molar-refractivity contribution in [1.82, 2.24) is 14.8 Å². The van der Waals surface area contributed by atoms with Gasteiger partial charge >= 0.3 is 5.97 Å². The molecule has 2 aromatic rings. The summed E-state index contributed by atoms with van der Waals surface area (Å²) in [6.07, 6.45) is 3.10. The standard InChI is InChI=1S/C12H12N4O3/c17-11(18)5-8-16-7-4-9(15-16)12(19)14-10-3-1-2-6-13-10/h1-4,6-7H,5,8H2,(H,17,18)(H,13,14,19). The van der Waals surface area contributed by atoms with Crippen LogP contribution in [0.3, 0.4) is 0 Å². The number of hydrogen-bond donors (Lipinski definition) is 2. The van der Waals surface area contributed by atoms with Gasteiger partial charge in [0.2, 0.25) is 0 Å². The van der Waals surface area contributed by atoms with Gasteiger partial charge in [0.1, 0.15) is 5.82 Å². The number of nitrogens with one attached hydrogen (secondary N) is 1. The minimum absolute atomic E-state index is 0.0387. The Morgan fingerprint density at radius 1 is 1.32 bits per heavy atom. The smallest absolute Gasteiger partial charge is 0.305 e. The Morgan fingerprint density at radius 3 is 2.84 bits per heavy atom. The first-order valence-electron chi connectivity index (χ1n) is 5.63. The normalized spacial score (nSPS) is 10.1. The van der Waals surface area contributed by atoms with E-state index in [1.807, 2.05) is 0 Å². The second-order valence-electron chi connectivity index (χ2n) is 3.78. The van der Waals surface area contributed by atoms with Crippen LogP contribution in [0.4, 0.5) is 5.82 Å². The molecular weight excluding hydrogens is 248 g/mol. The Bertz CT molecular complexity index is 580. The van der Waals surface area contributed by atoms with E-state index in [0.29, 0.717) is 5.82 Å². The topological polar surface area (TPSA) is 97.1 Å². The van der Waals surface area contributed by atoms with Gasteiger partial charge in [-0.1, -0.05) is 6.07 Å². The number of aromatic nitrogens is 3. The van der Waals surface area contributed by atoms with Crippen molar-refractivity contribution in [1.29, 1.82) is 0 Å². The number of amides is 1. The molecule has 0 unspecified atom stereocenters. The minimum Gasteiger partial charge on any atom is -0.481 e. The quantitative estimate of drug-likeness (QED) is 0.836. The zero-order valence-electron chi connectivity index (χ0n) is 9.98. The maximum Gasteiger partial charge on any atom is 0.305 e. The highest BCUT2D eigenvalue weighted by Gasteiger charge is 2.10. The lowest BCUT2D eigenvalue weighted by Gasteiger charge is -2.01. The lowest BCUT2D eigenvalue weighted by atomic mass is 10.4. The molecule has 0 aliphatic carbocycles. The molecule has 0 radical (unpaired) electrons. The zero-order valence-corrected chi connectivity index (χ0v) is 9.98. The number of carboxylic acids is 1. The first kappa shape index (κ1) is 12.7. The largest absolute Gasteiger partial charge is 0.481 e. The van der Waals surface area contributed by atoms with Crippen LogP contribution in [0.2, 0.25) is 0 Å². The number of carbonyl (C=O) groups is 2. The predicted octanol–water partition coefficient (Wildman–Crippen LogP) is 1.01. The van der Waals surface area contributed by atoms with Crippen LogP contribution in [-0.2, 0) is 11.3 Å². The lowest BCUT2D eigenvalue weighted by molar-refractivity contribution is -0.137. The molecule has 2 rings (SSSR count). The molecule has 2 aromatic heterocycles. The molecule has 0 fully saturated rings. The van der Waals surface area contributed by atoms with Crippen molar-refractivity contribution in [2.75, 3.05) is 5.32 Å². The van der Waals surface area contributed by atoms with Crippen LogP contribution >= 0.6 is 0 Å². The Kier molecular flexibility index (Phi) is 3.87. The molecule has 98 valence electrons. The molecule has 0 saturated heterocycles. The highest BCUT2D eigenvalue weighted by atomic mass is 16.4. The number of pyridine rings is 1. The van der Waals surface area contributed by atoms with Crippen LogP contribution in [0.25, 0.3) is 0 Å². The number of nitrogens with zero attached hydrogens (tertiary/aromatic N) is 3. The van der Waals surface area contributed by atoms with Gasteiger partial charge in [0, 0.05) is 12.4 Å². The first-order chi connectivity index (χ1) is 9.15. The van der Waals surface area contributed by atoms with E-state index in [2.05, 4.69) is 15.4 Å². The molecule has 0 aromatic carbocycles. The van der Waals surface area contributed by atoms with Crippen molar-refractivity contribution < 1.29 is 14.7 Å². The molecule has 0 aliphatic heterocycles. The molecule has 2 heterocycles. The third kappa shape index (κ3) is 3.63. The molecule has 0 bridgehead atoms. The number of hydrogen-bond acceptors (Lipinski definition) is 4. The van der Waals surface area contributed by atoms with E-state index in [1.54, 1.807) is 30.6 Å². The van der Waals surface area contributed by atoms with Crippen molar-refractivity contribution >= 4 is 17.7 Å². The molecule has 1 amide bonds. The second kappa shape index (κ2) is 5.76. The average Bonchev–Trinajstić information content (AvgIpc) is 2.86. The summed E-state index contributed by atoms with van der Waals surface area (Å²) in [5, 5.41) is 15.1. The van der Waals surface area contributed by atoms with Crippen molar-refractivity contribution in [2.45, 2.75) is 13.0 Å². The third-order valence-electron chi connectivity index (χ3n) is 2.33. The fraction of sp³-hybridized carbons (Fsp3) is 0.167. The van der Waals surface area contributed by atoms with Crippen LogP contribution in [-0.4, -0.2) is 31.7 Å². The van der Waals surface area contributed by atoms with E-state index in [9.17, 15) is 9.59 Å². The van der Waals surface area contributed by atoms with Gasteiger partial charge in [-0.3, -0.25) is 14.3 Å². The molecule has 2 N–H and O–H groups in total.